The molecule has 0 aliphatic heterocycles. The van der Waals surface area contributed by atoms with E-state index in [0.29, 0.717) is 12.0 Å². The van der Waals surface area contributed by atoms with E-state index in [-0.39, 0.29) is 0 Å². The van der Waals surface area contributed by atoms with Gasteiger partial charge in [0.1, 0.15) is 0 Å². The van der Waals surface area contributed by atoms with Crippen LogP contribution in [-0.2, 0) is 6.42 Å². The lowest BCUT2D eigenvalue weighted by molar-refractivity contribution is 0.526. The molecule has 112 valence electrons. The minimum Gasteiger partial charge on any atom is -0.314 e. The van der Waals surface area contributed by atoms with Crippen molar-refractivity contribution in [3.63, 3.8) is 0 Å². The normalized spacial score (nSPS) is 12.6. The van der Waals surface area contributed by atoms with Gasteiger partial charge in [0.05, 0.1) is 0 Å². The predicted octanol–water partition coefficient (Wildman–Crippen LogP) is 5.08. The van der Waals surface area contributed by atoms with Crippen LogP contribution in [0.25, 0.3) is 0 Å². The number of aryl methyl sites for hydroxylation is 1. The van der Waals surface area contributed by atoms with Gasteiger partial charge in [0.25, 0.3) is 0 Å². The predicted molar refractivity (Wildman–Crippen MR) is 94.9 cm³/mol. The van der Waals surface area contributed by atoms with Crippen LogP contribution in [0, 0.1) is 6.92 Å². The summed E-state index contributed by atoms with van der Waals surface area (Å²) >= 11 is 3.50. The van der Waals surface area contributed by atoms with Crippen molar-refractivity contribution in [2.24, 2.45) is 0 Å². The van der Waals surface area contributed by atoms with Crippen LogP contribution in [0.15, 0.2) is 53.0 Å². The molecule has 2 rings (SSSR count). The molecule has 1 N–H and O–H groups in total. The maximum absolute atomic E-state index is 3.59. The molecular weight excluding hydrogens is 322 g/mol. The quantitative estimate of drug-likeness (QED) is 0.769. The van der Waals surface area contributed by atoms with Gasteiger partial charge in [0, 0.05) is 23.0 Å². The molecule has 0 aromatic heterocycles. The van der Waals surface area contributed by atoms with Gasteiger partial charge >= 0.3 is 0 Å². The number of halogens is 1. The van der Waals surface area contributed by atoms with E-state index in [2.05, 4.69) is 90.5 Å². The van der Waals surface area contributed by atoms with Crippen LogP contribution < -0.4 is 5.32 Å². The maximum Gasteiger partial charge on any atom is 0.0175 e. The van der Waals surface area contributed by atoms with Gasteiger partial charge in [-0.25, -0.2) is 0 Å². The smallest absolute Gasteiger partial charge is 0.0175 e. The summed E-state index contributed by atoms with van der Waals surface area (Å²) in [5.74, 6) is 0.508. The Balaban J connectivity index is 2.17. The third kappa shape index (κ3) is 5.29. The van der Waals surface area contributed by atoms with Crippen LogP contribution in [0.5, 0.6) is 0 Å². The average Bonchev–Trinajstić information content (AvgIpc) is 2.45. The van der Waals surface area contributed by atoms with E-state index in [9.17, 15) is 0 Å². The number of benzene rings is 2. The van der Waals surface area contributed by atoms with Crippen molar-refractivity contribution in [3.8, 4) is 0 Å². The first-order valence-electron chi connectivity index (χ1n) is 7.59. The fourth-order valence-corrected chi connectivity index (χ4v) is 2.78. The van der Waals surface area contributed by atoms with Crippen molar-refractivity contribution in [2.45, 2.75) is 39.2 Å². The van der Waals surface area contributed by atoms with Gasteiger partial charge in [-0.05, 0) is 36.6 Å². The minimum absolute atomic E-state index is 0.508. The molecule has 2 heteroatoms. The highest BCUT2D eigenvalue weighted by Gasteiger charge is 2.13. The van der Waals surface area contributed by atoms with Crippen molar-refractivity contribution in [3.05, 3.63) is 69.7 Å². The van der Waals surface area contributed by atoms with Gasteiger partial charge in [0.15, 0.2) is 0 Å². The zero-order valence-corrected chi connectivity index (χ0v) is 14.7. The van der Waals surface area contributed by atoms with Crippen LogP contribution >= 0.6 is 15.9 Å². The Kier molecular flexibility index (Phi) is 6.01. The van der Waals surface area contributed by atoms with Gasteiger partial charge in [-0.15, -0.1) is 0 Å². The molecule has 0 bridgehead atoms. The summed E-state index contributed by atoms with van der Waals surface area (Å²) in [5.41, 5.74) is 4.14. The number of hydrogen-bond acceptors (Lipinski definition) is 1. The van der Waals surface area contributed by atoms with Gasteiger partial charge in [-0.2, -0.15) is 0 Å². The van der Waals surface area contributed by atoms with Crippen molar-refractivity contribution >= 4 is 15.9 Å². The van der Waals surface area contributed by atoms with Gasteiger partial charge < -0.3 is 5.32 Å². The molecule has 0 fully saturated rings. The topological polar surface area (TPSA) is 12.0 Å². The third-order valence-electron chi connectivity index (χ3n) is 3.68. The highest BCUT2D eigenvalue weighted by atomic mass is 79.9. The van der Waals surface area contributed by atoms with E-state index in [0.717, 1.165) is 17.4 Å². The lowest BCUT2D eigenvalue weighted by atomic mass is 9.91. The average molecular weight is 346 g/mol. The Bertz CT molecular complexity index is 560. The lowest BCUT2D eigenvalue weighted by Gasteiger charge is -2.20. The minimum atomic E-state index is 0.508. The van der Waals surface area contributed by atoms with E-state index in [4.69, 9.17) is 0 Å². The summed E-state index contributed by atoms with van der Waals surface area (Å²) in [6.07, 6.45) is 1.07. The molecule has 2 aromatic rings. The van der Waals surface area contributed by atoms with Crippen LogP contribution in [0.4, 0.5) is 0 Å². The first-order valence-corrected chi connectivity index (χ1v) is 8.38. The summed E-state index contributed by atoms with van der Waals surface area (Å²) < 4.78 is 1.14. The Morgan fingerprint density at radius 2 is 1.76 bits per heavy atom. The summed E-state index contributed by atoms with van der Waals surface area (Å²) in [5, 5.41) is 3.59. The second-order valence-corrected chi connectivity index (χ2v) is 6.92. The van der Waals surface area contributed by atoms with Crippen molar-refractivity contribution < 1.29 is 0 Å². The number of rotatable bonds is 6. The van der Waals surface area contributed by atoms with Crippen LogP contribution in [0.3, 0.4) is 0 Å². The van der Waals surface area contributed by atoms with Gasteiger partial charge in [-0.3, -0.25) is 0 Å². The first kappa shape index (κ1) is 16.3. The Labute approximate surface area is 136 Å². The molecule has 0 aliphatic carbocycles. The molecule has 0 spiro atoms. The van der Waals surface area contributed by atoms with E-state index in [1.54, 1.807) is 0 Å². The first-order chi connectivity index (χ1) is 10.0. The number of hydrogen-bond donors (Lipinski definition) is 1. The molecule has 1 unspecified atom stereocenters. The molecule has 1 nitrogen and oxygen atoms in total. The zero-order chi connectivity index (χ0) is 15.2. The maximum atomic E-state index is 3.59. The molecule has 0 radical (unpaired) electrons. The molecule has 21 heavy (non-hydrogen) atoms. The molecule has 1 atom stereocenters. The monoisotopic (exact) mass is 345 g/mol. The Hall–Kier alpha value is -1.12. The SMILES string of the molecule is Cc1cccc(C(CNC(C)C)Cc2ccc(Br)cc2)c1. The van der Waals surface area contributed by atoms with Gasteiger partial charge in [-0.1, -0.05) is 71.7 Å². The summed E-state index contributed by atoms with van der Waals surface area (Å²) in [6.45, 7) is 7.58. The van der Waals surface area contributed by atoms with E-state index in [1.807, 2.05) is 0 Å². The highest BCUT2D eigenvalue weighted by molar-refractivity contribution is 9.10. The van der Waals surface area contributed by atoms with Crippen LogP contribution in [0.2, 0.25) is 0 Å². The molecule has 0 saturated heterocycles. The third-order valence-corrected chi connectivity index (χ3v) is 4.21. The Morgan fingerprint density at radius 3 is 2.38 bits per heavy atom. The second-order valence-electron chi connectivity index (χ2n) is 6.00. The second kappa shape index (κ2) is 7.77. The number of nitrogens with one attached hydrogen (secondary N) is 1. The molecule has 2 aromatic carbocycles. The van der Waals surface area contributed by atoms with Crippen molar-refractivity contribution in [1.29, 1.82) is 0 Å². The fraction of sp³-hybridized carbons (Fsp3) is 0.368. The zero-order valence-electron chi connectivity index (χ0n) is 13.1. The van der Waals surface area contributed by atoms with Crippen molar-refractivity contribution in [2.75, 3.05) is 6.54 Å². The lowest BCUT2D eigenvalue weighted by Crippen LogP contribution is -2.29. The molecule has 0 amide bonds. The van der Waals surface area contributed by atoms with Crippen molar-refractivity contribution in [1.82, 2.24) is 5.32 Å². The largest absolute Gasteiger partial charge is 0.314 e. The molecule has 0 saturated carbocycles. The van der Waals surface area contributed by atoms with Gasteiger partial charge in [0.2, 0.25) is 0 Å². The van der Waals surface area contributed by atoms with E-state index in [1.165, 1.54) is 16.7 Å². The molecule has 0 heterocycles. The fourth-order valence-electron chi connectivity index (χ4n) is 2.51. The van der Waals surface area contributed by atoms with E-state index >= 15 is 0 Å². The highest BCUT2D eigenvalue weighted by Crippen LogP contribution is 2.22. The summed E-state index contributed by atoms with van der Waals surface area (Å²) in [4.78, 5) is 0. The van der Waals surface area contributed by atoms with E-state index < -0.39 is 0 Å². The standard InChI is InChI=1S/C19H24BrN/c1-14(2)21-13-18(17-6-4-5-15(3)11-17)12-16-7-9-19(20)10-8-16/h4-11,14,18,21H,12-13H2,1-3H3. The van der Waals surface area contributed by atoms with Crippen LogP contribution in [0.1, 0.15) is 36.5 Å². The Morgan fingerprint density at radius 1 is 1.05 bits per heavy atom. The van der Waals surface area contributed by atoms with Crippen LogP contribution in [-0.4, -0.2) is 12.6 Å². The summed E-state index contributed by atoms with van der Waals surface area (Å²) in [6, 6.07) is 18.1. The molecule has 0 aliphatic rings. The summed E-state index contributed by atoms with van der Waals surface area (Å²) in [7, 11) is 0. The molecular formula is C19H24BrN.